The predicted molar refractivity (Wildman–Crippen MR) is 180 cm³/mol. The summed E-state index contributed by atoms with van der Waals surface area (Å²) in [5.74, 6) is -4.23. The standard InChI is InChI=1S/C35H56F3N5O7/c1-20(2)22-16-18-43(25(22)29(46)40-24(26(44)28(39)45)19-21-13-12-14-21)30(47)27(33(3,4)5)42-32(49)41-23(31(48)50-34(6,7)8)15-10-9-11-17-35(36,37)38/h10,15,20-25,27H,9,11-14,16-19H2,1-8H3,(H2,39,45)(H,40,46)(H2,41,42,49)/b15-10+/t22-,23?,24?,25+,27-/m1/s1. The van der Waals surface area contributed by atoms with E-state index in [0.29, 0.717) is 6.42 Å². The van der Waals surface area contributed by atoms with Crippen molar-refractivity contribution in [1.82, 2.24) is 20.9 Å². The van der Waals surface area contributed by atoms with Gasteiger partial charge in [-0.05, 0) is 69.6 Å². The van der Waals surface area contributed by atoms with Crippen molar-refractivity contribution in [3.05, 3.63) is 12.2 Å². The number of hydrogen-bond donors (Lipinski definition) is 4. The molecule has 0 radical (unpaired) electrons. The SMILES string of the molecule is CC(C)[C@H]1CCN(C(=O)[C@@H](NC(=O)NC(/C=C/CCCC(F)(F)F)C(=O)OC(C)(C)C)C(C)(C)C)[C@@H]1C(=O)NC(CC1CCC1)C(=O)C(N)=O. The van der Waals surface area contributed by atoms with Gasteiger partial charge in [0.25, 0.3) is 5.91 Å². The second kappa shape index (κ2) is 17.5. The van der Waals surface area contributed by atoms with Crippen LogP contribution in [0.15, 0.2) is 12.2 Å². The van der Waals surface area contributed by atoms with Gasteiger partial charge in [-0.15, -0.1) is 0 Å². The zero-order valence-electron chi connectivity index (χ0n) is 30.6. The fourth-order valence-electron chi connectivity index (χ4n) is 6.15. The molecule has 284 valence electrons. The molecule has 12 nitrogen and oxygen atoms in total. The zero-order chi connectivity index (χ0) is 38.2. The number of nitrogens with one attached hydrogen (secondary N) is 3. The summed E-state index contributed by atoms with van der Waals surface area (Å²) in [6.07, 6.45) is 0.511. The van der Waals surface area contributed by atoms with Gasteiger partial charge >= 0.3 is 18.2 Å². The summed E-state index contributed by atoms with van der Waals surface area (Å²) in [5, 5.41) is 7.83. The molecule has 2 rings (SSSR count). The number of esters is 1. The van der Waals surface area contributed by atoms with E-state index in [4.69, 9.17) is 10.5 Å². The van der Waals surface area contributed by atoms with Crippen LogP contribution >= 0.6 is 0 Å². The summed E-state index contributed by atoms with van der Waals surface area (Å²) in [7, 11) is 0. The van der Waals surface area contributed by atoms with E-state index in [-0.39, 0.29) is 43.6 Å². The molecule has 1 aliphatic heterocycles. The Labute approximate surface area is 293 Å². The number of carbonyl (C=O) groups is 6. The van der Waals surface area contributed by atoms with Gasteiger partial charge in [0.15, 0.2) is 0 Å². The van der Waals surface area contributed by atoms with Crippen molar-refractivity contribution in [1.29, 1.82) is 0 Å². The number of primary amides is 1. The van der Waals surface area contributed by atoms with Crippen LogP contribution in [0.5, 0.6) is 0 Å². The van der Waals surface area contributed by atoms with Crippen LogP contribution in [0.25, 0.3) is 0 Å². The number of amides is 5. The summed E-state index contributed by atoms with van der Waals surface area (Å²) in [5.41, 5.74) is 3.47. The van der Waals surface area contributed by atoms with Crippen molar-refractivity contribution < 1.29 is 46.7 Å². The molecule has 2 aliphatic rings. The lowest BCUT2D eigenvalue weighted by Gasteiger charge is -2.37. The molecule has 0 spiro atoms. The number of nitrogens with two attached hydrogens (primary N) is 1. The Morgan fingerprint density at radius 3 is 2.04 bits per heavy atom. The largest absolute Gasteiger partial charge is 0.458 e. The molecule has 0 aromatic carbocycles. The first-order chi connectivity index (χ1) is 22.9. The molecule has 1 saturated carbocycles. The fraction of sp³-hybridized carbons (Fsp3) is 0.771. The Morgan fingerprint density at radius 2 is 1.56 bits per heavy atom. The van der Waals surface area contributed by atoms with Crippen molar-refractivity contribution in [3.63, 3.8) is 0 Å². The van der Waals surface area contributed by atoms with E-state index in [9.17, 15) is 41.9 Å². The van der Waals surface area contributed by atoms with Gasteiger partial charge in [-0.1, -0.05) is 66.0 Å². The number of halogens is 3. The Kier molecular flexibility index (Phi) is 14.9. The monoisotopic (exact) mass is 715 g/mol. The molecule has 5 amide bonds. The van der Waals surface area contributed by atoms with Gasteiger partial charge in [-0.25, -0.2) is 9.59 Å². The minimum Gasteiger partial charge on any atom is -0.458 e. The number of alkyl halides is 3. The Hall–Kier alpha value is -3.65. The highest BCUT2D eigenvalue weighted by molar-refractivity contribution is 6.37. The lowest BCUT2D eigenvalue weighted by atomic mass is 9.80. The van der Waals surface area contributed by atoms with E-state index in [1.807, 2.05) is 13.8 Å². The van der Waals surface area contributed by atoms with Crippen LogP contribution in [0.2, 0.25) is 0 Å². The van der Waals surface area contributed by atoms with Gasteiger partial charge in [0, 0.05) is 13.0 Å². The number of carbonyl (C=O) groups excluding carboxylic acids is 6. The number of rotatable bonds is 15. The molecule has 15 heteroatoms. The second-order valence-corrected chi connectivity index (χ2v) is 15.9. The van der Waals surface area contributed by atoms with Crippen molar-refractivity contribution in [3.8, 4) is 0 Å². The number of ketones is 1. The summed E-state index contributed by atoms with van der Waals surface area (Å²) < 4.78 is 43.1. The minimum absolute atomic E-state index is 0.00676. The third-order valence-corrected chi connectivity index (χ3v) is 9.02. The highest BCUT2D eigenvalue weighted by Gasteiger charge is 2.48. The first-order valence-electron chi connectivity index (χ1n) is 17.4. The average Bonchev–Trinajstić information content (AvgIpc) is 3.39. The van der Waals surface area contributed by atoms with Crippen LogP contribution in [0, 0.1) is 23.2 Å². The molecular weight excluding hydrogens is 659 g/mol. The Morgan fingerprint density at radius 1 is 0.940 bits per heavy atom. The number of ether oxygens (including phenoxy) is 1. The Bertz CT molecular complexity index is 1270. The Balaban J connectivity index is 2.31. The average molecular weight is 716 g/mol. The van der Waals surface area contributed by atoms with Crippen LogP contribution in [0.1, 0.15) is 107 Å². The molecular formula is C35H56F3N5O7. The number of Topliss-reactive ketones (excluding diaryl/α,β-unsaturated/α-hetero) is 1. The van der Waals surface area contributed by atoms with Crippen LogP contribution in [-0.2, 0) is 28.7 Å². The minimum atomic E-state index is -4.33. The molecule has 2 unspecified atom stereocenters. The van der Waals surface area contributed by atoms with Crippen molar-refractivity contribution in [2.45, 2.75) is 143 Å². The molecule has 0 aromatic rings. The molecule has 5 N–H and O–H groups in total. The quantitative estimate of drug-likeness (QED) is 0.0846. The van der Waals surface area contributed by atoms with Gasteiger partial charge in [-0.3, -0.25) is 19.2 Å². The highest BCUT2D eigenvalue weighted by atomic mass is 19.4. The maximum absolute atomic E-state index is 14.3. The lowest BCUT2D eigenvalue weighted by Crippen LogP contribution is -2.61. The highest BCUT2D eigenvalue weighted by Crippen LogP contribution is 2.34. The third kappa shape index (κ3) is 13.2. The molecule has 2 fully saturated rings. The van der Waals surface area contributed by atoms with E-state index in [1.54, 1.807) is 41.5 Å². The summed E-state index contributed by atoms with van der Waals surface area (Å²) in [4.78, 5) is 80.4. The van der Waals surface area contributed by atoms with Gasteiger partial charge < -0.3 is 31.3 Å². The zero-order valence-corrected chi connectivity index (χ0v) is 30.6. The first kappa shape index (κ1) is 42.5. The molecule has 1 heterocycles. The van der Waals surface area contributed by atoms with Crippen LogP contribution in [0.4, 0.5) is 18.0 Å². The van der Waals surface area contributed by atoms with Gasteiger partial charge in [0.05, 0.1) is 6.04 Å². The first-order valence-corrected chi connectivity index (χ1v) is 17.4. The van der Waals surface area contributed by atoms with Crippen molar-refractivity contribution in [2.75, 3.05) is 6.54 Å². The van der Waals surface area contributed by atoms with Crippen LogP contribution in [0.3, 0.4) is 0 Å². The van der Waals surface area contributed by atoms with Crippen LogP contribution < -0.4 is 21.7 Å². The maximum Gasteiger partial charge on any atom is 0.389 e. The summed E-state index contributed by atoms with van der Waals surface area (Å²) in [6, 6.07) is -5.61. The van der Waals surface area contributed by atoms with Crippen molar-refractivity contribution in [2.24, 2.45) is 28.9 Å². The van der Waals surface area contributed by atoms with E-state index in [1.165, 1.54) is 17.1 Å². The number of allylic oxidation sites excluding steroid dienone is 1. The number of nitrogens with zero attached hydrogens (tertiary/aromatic N) is 1. The fourth-order valence-corrected chi connectivity index (χ4v) is 6.15. The van der Waals surface area contributed by atoms with Crippen LogP contribution in [-0.4, -0.2) is 82.9 Å². The van der Waals surface area contributed by atoms with Gasteiger partial charge in [-0.2, -0.15) is 13.2 Å². The molecule has 5 atom stereocenters. The maximum atomic E-state index is 14.3. The topological polar surface area (TPSA) is 177 Å². The number of likely N-dealkylation sites (tertiary alicyclic amines) is 1. The van der Waals surface area contributed by atoms with Crippen molar-refractivity contribution >= 4 is 35.5 Å². The number of urea groups is 1. The van der Waals surface area contributed by atoms with E-state index < -0.39 is 83.3 Å². The second-order valence-electron chi connectivity index (χ2n) is 15.9. The van der Waals surface area contributed by atoms with E-state index in [2.05, 4.69) is 16.0 Å². The molecule has 0 aromatic heterocycles. The van der Waals surface area contributed by atoms with E-state index in [0.717, 1.165) is 19.3 Å². The third-order valence-electron chi connectivity index (χ3n) is 9.02. The number of hydrogen-bond acceptors (Lipinski definition) is 7. The van der Waals surface area contributed by atoms with Gasteiger partial charge in [0.2, 0.25) is 17.6 Å². The predicted octanol–water partition coefficient (Wildman–Crippen LogP) is 4.30. The van der Waals surface area contributed by atoms with Gasteiger partial charge in [0.1, 0.15) is 23.7 Å². The smallest absolute Gasteiger partial charge is 0.389 e. The van der Waals surface area contributed by atoms with E-state index >= 15 is 0 Å². The normalized spacial score (nSPS) is 20.5. The molecule has 1 saturated heterocycles. The molecule has 50 heavy (non-hydrogen) atoms. The summed E-state index contributed by atoms with van der Waals surface area (Å²) >= 11 is 0. The summed E-state index contributed by atoms with van der Waals surface area (Å²) in [6.45, 7) is 14.0. The lowest BCUT2D eigenvalue weighted by molar-refractivity contribution is -0.155. The molecule has 1 aliphatic carbocycles. The number of unbranched alkanes of at least 4 members (excludes halogenated alkanes) is 1. The molecule has 0 bridgehead atoms.